The lowest BCUT2D eigenvalue weighted by molar-refractivity contribution is 0.328. The molecule has 9 heteroatoms. The zero-order chi connectivity index (χ0) is 23.0. The van der Waals surface area contributed by atoms with Gasteiger partial charge in [0.15, 0.2) is 34.5 Å². The molecule has 0 radical (unpaired) electrons. The molecule has 0 aliphatic rings. The van der Waals surface area contributed by atoms with Crippen molar-refractivity contribution >= 4 is 0 Å². The van der Waals surface area contributed by atoms with Crippen molar-refractivity contribution in [2.45, 2.75) is 0 Å². The van der Waals surface area contributed by atoms with Crippen LogP contribution in [0.4, 0.5) is 0 Å². The molecule has 1 aromatic heterocycles. The number of ether oxygens (including phenoxy) is 6. The summed E-state index contributed by atoms with van der Waals surface area (Å²) in [7, 11) is 4.63. The van der Waals surface area contributed by atoms with Gasteiger partial charge in [0, 0.05) is 0 Å². The number of rotatable bonds is 9. The van der Waals surface area contributed by atoms with E-state index in [1.54, 1.807) is 75.9 Å². The zero-order valence-corrected chi connectivity index (χ0v) is 18.2. The molecule has 0 fully saturated rings. The van der Waals surface area contributed by atoms with E-state index in [9.17, 15) is 0 Å². The van der Waals surface area contributed by atoms with Crippen molar-refractivity contribution in [2.75, 3.05) is 21.3 Å². The van der Waals surface area contributed by atoms with E-state index in [0.29, 0.717) is 34.5 Å². The number of methoxy groups -OCH3 is 3. The molecule has 0 saturated heterocycles. The topological polar surface area (TPSA) is 94.1 Å². The average Bonchev–Trinajstić information content (AvgIpc) is 2.85. The van der Waals surface area contributed by atoms with E-state index in [-0.39, 0.29) is 18.0 Å². The number of hydrogen-bond donors (Lipinski definition) is 0. The van der Waals surface area contributed by atoms with E-state index in [0.717, 1.165) is 0 Å². The van der Waals surface area contributed by atoms with Gasteiger partial charge >= 0.3 is 18.0 Å². The Balaban J connectivity index is 1.72. The standard InChI is InChI=1S/C24H21N3O6/c1-28-16-10-4-7-13-19(16)31-22-25-23(32-20-14-8-5-11-17(20)29-2)27-24(26-22)33-21-15-9-6-12-18(21)30-3/h4-15H,1-3H3. The highest BCUT2D eigenvalue weighted by Crippen LogP contribution is 2.35. The molecular formula is C24H21N3O6. The predicted octanol–water partition coefficient (Wildman–Crippen LogP) is 5.27. The molecule has 0 spiro atoms. The molecule has 1 heterocycles. The molecule has 0 N–H and O–H groups in total. The highest BCUT2D eigenvalue weighted by atomic mass is 16.6. The van der Waals surface area contributed by atoms with Crippen LogP contribution in [0, 0.1) is 0 Å². The molecule has 9 nitrogen and oxygen atoms in total. The number of para-hydroxylation sites is 6. The quantitative estimate of drug-likeness (QED) is 0.340. The van der Waals surface area contributed by atoms with Crippen LogP contribution in [0.1, 0.15) is 0 Å². The van der Waals surface area contributed by atoms with Gasteiger partial charge in [-0.15, -0.1) is 15.0 Å². The summed E-state index contributed by atoms with van der Waals surface area (Å²) in [5.41, 5.74) is 0. The van der Waals surface area contributed by atoms with Crippen molar-refractivity contribution in [1.29, 1.82) is 0 Å². The molecule has 0 aliphatic carbocycles. The Morgan fingerprint density at radius 1 is 0.394 bits per heavy atom. The largest absolute Gasteiger partial charge is 0.493 e. The van der Waals surface area contributed by atoms with Gasteiger partial charge in [0.25, 0.3) is 0 Å². The highest BCUT2D eigenvalue weighted by molar-refractivity contribution is 5.43. The van der Waals surface area contributed by atoms with Crippen molar-refractivity contribution in [3.63, 3.8) is 0 Å². The third kappa shape index (κ3) is 5.21. The molecule has 0 saturated carbocycles. The normalized spacial score (nSPS) is 10.3. The Kier molecular flexibility index (Phi) is 6.70. The summed E-state index contributed by atoms with van der Waals surface area (Å²) < 4.78 is 33.6. The maximum absolute atomic E-state index is 5.86. The first-order valence-corrected chi connectivity index (χ1v) is 9.89. The molecule has 0 aliphatic heterocycles. The van der Waals surface area contributed by atoms with Gasteiger partial charge in [0.05, 0.1) is 21.3 Å². The molecular weight excluding hydrogens is 426 g/mol. The predicted molar refractivity (Wildman–Crippen MR) is 119 cm³/mol. The molecule has 168 valence electrons. The van der Waals surface area contributed by atoms with Crippen LogP contribution in [-0.4, -0.2) is 36.3 Å². The monoisotopic (exact) mass is 447 g/mol. The van der Waals surface area contributed by atoms with Crippen molar-refractivity contribution < 1.29 is 28.4 Å². The molecule has 0 bridgehead atoms. The van der Waals surface area contributed by atoms with Crippen LogP contribution in [0.5, 0.6) is 52.5 Å². The van der Waals surface area contributed by atoms with E-state index in [2.05, 4.69) is 15.0 Å². The van der Waals surface area contributed by atoms with Crippen LogP contribution in [0.3, 0.4) is 0 Å². The maximum Gasteiger partial charge on any atom is 0.331 e. The van der Waals surface area contributed by atoms with E-state index in [4.69, 9.17) is 28.4 Å². The Morgan fingerprint density at radius 3 is 0.879 bits per heavy atom. The van der Waals surface area contributed by atoms with Crippen LogP contribution in [-0.2, 0) is 0 Å². The maximum atomic E-state index is 5.86. The van der Waals surface area contributed by atoms with Gasteiger partial charge in [-0.25, -0.2) is 0 Å². The zero-order valence-electron chi connectivity index (χ0n) is 18.2. The van der Waals surface area contributed by atoms with Gasteiger partial charge in [0.2, 0.25) is 0 Å². The van der Waals surface area contributed by atoms with Gasteiger partial charge < -0.3 is 28.4 Å². The lowest BCUT2D eigenvalue weighted by atomic mass is 10.3. The fourth-order valence-electron chi connectivity index (χ4n) is 2.86. The van der Waals surface area contributed by atoms with Crippen molar-refractivity contribution in [3.8, 4) is 52.5 Å². The lowest BCUT2D eigenvalue weighted by Crippen LogP contribution is -2.02. The van der Waals surface area contributed by atoms with Gasteiger partial charge in [0.1, 0.15) is 0 Å². The Labute approximate surface area is 190 Å². The van der Waals surface area contributed by atoms with E-state index in [1.807, 2.05) is 18.2 Å². The second-order valence-corrected chi connectivity index (χ2v) is 6.44. The first-order valence-electron chi connectivity index (χ1n) is 9.89. The molecule has 0 unspecified atom stereocenters. The smallest absolute Gasteiger partial charge is 0.331 e. The number of hydrogen-bond acceptors (Lipinski definition) is 9. The van der Waals surface area contributed by atoms with E-state index in [1.165, 1.54) is 0 Å². The average molecular weight is 447 g/mol. The third-order valence-corrected chi connectivity index (χ3v) is 4.38. The van der Waals surface area contributed by atoms with Gasteiger partial charge in [-0.1, -0.05) is 36.4 Å². The van der Waals surface area contributed by atoms with E-state index >= 15 is 0 Å². The minimum absolute atomic E-state index is 0.0516. The highest BCUT2D eigenvalue weighted by Gasteiger charge is 2.16. The second kappa shape index (κ2) is 10.2. The van der Waals surface area contributed by atoms with Crippen LogP contribution in [0.25, 0.3) is 0 Å². The summed E-state index contributed by atoms with van der Waals surface area (Å²) in [4.78, 5) is 12.8. The van der Waals surface area contributed by atoms with Crippen molar-refractivity contribution in [3.05, 3.63) is 72.8 Å². The molecule has 0 amide bonds. The van der Waals surface area contributed by atoms with Gasteiger partial charge in [-0.2, -0.15) is 0 Å². The first-order chi connectivity index (χ1) is 16.2. The van der Waals surface area contributed by atoms with Crippen LogP contribution >= 0.6 is 0 Å². The minimum Gasteiger partial charge on any atom is -0.493 e. The Bertz CT molecular complexity index is 1070. The summed E-state index contributed by atoms with van der Waals surface area (Å²) in [5, 5.41) is 0. The lowest BCUT2D eigenvalue weighted by Gasteiger charge is -2.13. The fraction of sp³-hybridized carbons (Fsp3) is 0.125. The summed E-state index contributed by atoms with van der Waals surface area (Å²) >= 11 is 0. The molecule has 33 heavy (non-hydrogen) atoms. The van der Waals surface area contributed by atoms with Gasteiger partial charge in [-0.3, -0.25) is 0 Å². The van der Waals surface area contributed by atoms with Crippen LogP contribution in [0.15, 0.2) is 72.8 Å². The number of nitrogens with zero attached hydrogens (tertiary/aromatic N) is 3. The number of benzene rings is 3. The second-order valence-electron chi connectivity index (χ2n) is 6.44. The van der Waals surface area contributed by atoms with Crippen molar-refractivity contribution in [2.24, 2.45) is 0 Å². The minimum atomic E-state index is -0.0516. The Hall–Kier alpha value is -4.53. The number of aromatic nitrogens is 3. The van der Waals surface area contributed by atoms with E-state index < -0.39 is 0 Å². The summed E-state index contributed by atoms with van der Waals surface area (Å²) in [6.07, 6.45) is 0. The SMILES string of the molecule is COc1ccccc1Oc1nc(Oc2ccccc2OC)nc(Oc2ccccc2OC)n1. The fourth-order valence-corrected chi connectivity index (χ4v) is 2.86. The molecule has 3 aromatic carbocycles. The Morgan fingerprint density at radius 2 is 0.636 bits per heavy atom. The summed E-state index contributed by atoms with van der Waals surface area (Å²) in [6, 6.07) is 21.2. The first kappa shape index (κ1) is 21.7. The van der Waals surface area contributed by atoms with Crippen LogP contribution < -0.4 is 28.4 Å². The summed E-state index contributed by atoms with van der Waals surface area (Å²) in [5.74, 6) is 2.78. The molecule has 4 aromatic rings. The summed E-state index contributed by atoms with van der Waals surface area (Å²) in [6.45, 7) is 0. The van der Waals surface area contributed by atoms with Crippen molar-refractivity contribution in [1.82, 2.24) is 15.0 Å². The van der Waals surface area contributed by atoms with Crippen LogP contribution in [0.2, 0.25) is 0 Å². The molecule has 4 rings (SSSR count). The third-order valence-electron chi connectivity index (χ3n) is 4.38. The van der Waals surface area contributed by atoms with Gasteiger partial charge in [-0.05, 0) is 36.4 Å². The molecule has 0 atom stereocenters.